The van der Waals surface area contributed by atoms with Gasteiger partial charge in [-0.3, -0.25) is 4.79 Å². The highest BCUT2D eigenvalue weighted by Crippen LogP contribution is 2.11. The molecule has 0 saturated carbocycles. The maximum atomic E-state index is 10.9. The maximum Gasteiger partial charge on any atom is 0.268 e. The first-order chi connectivity index (χ1) is 5.41. The van der Waals surface area contributed by atoms with Crippen molar-refractivity contribution in [1.29, 1.82) is 0 Å². The Hall–Kier alpha value is -0.0800. The number of hydrogen-bond donors (Lipinski definition) is 1. The Kier molecular flexibility index (Phi) is 2.79. The zero-order valence-corrected chi connectivity index (χ0v) is 9.27. The third kappa shape index (κ3) is 2.20. The highest BCUT2D eigenvalue weighted by atomic mass is 127. The van der Waals surface area contributed by atoms with Gasteiger partial charge < -0.3 is 4.98 Å². The van der Waals surface area contributed by atoms with Crippen LogP contribution < -0.4 is 5.56 Å². The van der Waals surface area contributed by atoms with Crippen LogP contribution in [0.2, 0.25) is 0 Å². The van der Waals surface area contributed by atoms with Gasteiger partial charge in [0, 0.05) is 20.4 Å². The molecule has 1 rings (SSSR count). The van der Waals surface area contributed by atoms with Crippen molar-refractivity contribution in [3.8, 4) is 0 Å². The second-order valence-corrected chi connectivity index (χ2v) is 5.73. The topological polar surface area (TPSA) is 67.0 Å². The molecule has 12 heavy (non-hydrogen) atoms. The lowest BCUT2D eigenvalue weighted by molar-refractivity contribution is 0.608. The van der Waals surface area contributed by atoms with Crippen molar-refractivity contribution in [3.63, 3.8) is 0 Å². The molecule has 4 nitrogen and oxygen atoms in total. The molecule has 0 atom stereocenters. The van der Waals surface area contributed by atoms with Crippen molar-refractivity contribution in [2.24, 2.45) is 0 Å². The average Bonchev–Trinajstić information content (AvgIpc) is 1.92. The predicted octanol–water partition coefficient (Wildman–Crippen LogP) is 0.907. The Balaban J connectivity index is 3.55. The molecule has 1 N–H and O–H groups in total. The lowest BCUT2D eigenvalue weighted by Gasteiger charge is -1.94. The summed E-state index contributed by atoms with van der Waals surface area (Å²) in [5.41, 5.74) is -0.703. The number of hydrogen-bond acceptors (Lipinski definition) is 3. The van der Waals surface area contributed by atoms with Gasteiger partial charge in [0.15, 0.2) is 0 Å². The van der Waals surface area contributed by atoms with Crippen LogP contribution in [0.1, 0.15) is 0 Å². The van der Waals surface area contributed by atoms with Gasteiger partial charge in [-0.15, -0.1) is 0 Å². The monoisotopic (exact) mass is 319 g/mol. The fraction of sp³-hybridized carbons (Fsp3) is 0. The minimum Gasteiger partial charge on any atom is -0.327 e. The van der Waals surface area contributed by atoms with Crippen LogP contribution in [0.4, 0.5) is 0 Å². The lowest BCUT2D eigenvalue weighted by atomic mass is 10.5. The smallest absolute Gasteiger partial charge is 0.268 e. The molecule has 0 bridgehead atoms. The highest BCUT2D eigenvalue weighted by molar-refractivity contribution is 14.1. The van der Waals surface area contributed by atoms with E-state index in [1.165, 1.54) is 12.3 Å². The van der Waals surface area contributed by atoms with Gasteiger partial charge in [-0.2, -0.15) is 0 Å². The summed E-state index contributed by atoms with van der Waals surface area (Å²) in [6.45, 7) is 0. The largest absolute Gasteiger partial charge is 0.327 e. The Morgan fingerprint density at radius 2 is 2.08 bits per heavy atom. The Morgan fingerprint density at radius 1 is 1.50 bits per heavy atom. The third-order valence-electron chi connectivity index (χ3n) is 1.10. The molecule has 0 spiro atoms. The summed E-state index contributed by atoms with van der Waals surface area (Å²) in [6.07, 6.45) is 1.40. The molecule has 1 aromatic rings. The first kappa shape index (κ1) is 10.0. The number of pyridine rings is 1. The van der Waals surface area contributed by atoms with Crippen LogP contribution in [0, 0.1) is 3.57 Å². The van der Waals surface area contributed by atoms with Gasteiger partial charge in [-0.05, 0) is 28.7 Å². The molecule has 0 aliphatic rings. The van der Waals surface area contributed by atoms with Gasteiger partial charge >= 0.3 is 0 Å². The number of nitrogens with one attached hydrogen (secondary N) is 1. The van der Waals surface area contributed by atoms with Crippen LogP contribution in [0.15, 0.2) is 22.0 Å². The summed E-state index contributed by atoms with van der Waals surface area (Å²) < 4.78 is 22.1. The molecule has 0 amide bonds. The summed E-state index contributed by atoms with van der Waals surface area (Å²) in [5, 5.41) is 0. The van der Waals surface area contributed by atoms with Crippen molar-refractivity contribution >= 4 is 42.3 Å². The molecular weight excluding hydrogens is 316 g/mol. The number of rotatable bonds is 1. The summed E-state index contributed by atoms with van der Waals surface area (Å²) in [6, 6.07) is 1.21. The van der Waals surface area contributed by atoms with Crippen LogP contribution in [-0.4, -0.2) is 13.4 Å². The molecule has 0 fully saturated rings. The van der Waals surface area contributed by atoms with Crippen molar-refractivity contribution in [3.05, 3.63) is 26.2 Å². The normalized spacial score (nSPS) is 11.5. The Bertz CT molecular complexity index is 452. The van der Waals surface area contributed by atoms with Gasteiger partial charge in [0.05, 0.1) is 0 Å². The van der Waals surface area contributed by atoms with Crippen LogP contribution >= 0.6 is 33.3 Å². The van der Waals surface area contributed by atoms with E-state index >= 15 is 0 Å². The summed E-state index contributed by atoms with van der Waals surface area (Å²) in [4.78, 5) is 12.7. The van der Waals surface area contributed by atoms with E-state index in [4.69, 9.17) is 10.7 Å². The van der Waals surface area contributed by atoms with E-state index < -0.39 is 19.5 Å². The van der Waals surface area contributed by atoms with Crippen LogP contribution in [0.3, 0.4) is 0 Å². The molecule has 0 unspecified atom stereocenters. The average molecular weight is 320 g/mol. The molecule has 0 aromatic carbocycles. The van der Waals surface area contributed by atoms with Gasteiger partial charge in [-0.25, -0.2) is 8.42 Å². The predicted molar refractivity (Wildman–Crippen MR) is 52.8 cm³/mol. The van der Waals surface area contributed by atoms with Crippen molar-refractivity contribution in [2.75, 3.05) is 0 Å². The highest BCUT2D eigenvalue weighted by Gasteiger charge is 2.14. The molecule has 66 valence electrons. The van der Waals surface area contributed by atoms with Gasteiger partial charge in [-0.1, -0.05) is 0 Å². The quantitative estimate of drug-likeness (QED) is 0.618. The summed E-state index contributed by atoms with van der Waals surface area (Å²) >= 11 is 1.87. The van der Waals surface area contributed by atoms with Gasteiger partial charge in [0.1, 0.15) is 4.90 Å². The summed E-state index contributed by atoms with van der Waals surface area (Å²) in [7, 11) is 1.05. The standard InChI is InChI=1S/C5H3ClINO3S/c6-12(10,11)4-1-3(7)2-8-5(4)9/h1-2H,(H,8,9). The second-order valence-electron chi connectivity index (χ2n) is 1.95. The van der Waals surface area contributed by atoms with Gasteiger partial charge in [0.2, 0.25) is 0 Å². The summed E-state index contributed by atoms with van der Waals surface area (Å²) in [5.74, 6) is 0. The molecule has 7 heteroatoms. The van der Waals surface area contributed by atoms with Crippen molar-refractivity contribution in [1.82, 2.24) is 4.98 Å². The first-order valence-corrected chi connectivity index (χ1v) is 6.13. The van der Waals surface area contributed by atoms with E-state index in [1.807, 2.05) is 22.6 Å². The molecule has 1 aromatic heterocycles. The van der Waals surface area contributed by atoms with E-state index in [-0.39, 0.29) is 0 Å². The molecule has 1 heterocycles. The van der Waals surface area contributed by atoms with E-state index in [2.05, 4.69) is 4.98 Å². The fourth-order valence-corrected chi connectivity index (χ4v) is 2.19. The van der Waals surface area contributed by atoms with E-state index in [0.29, 0.717) is 3.57 Å². The van der Waals surface area contributed by atoms with Crippen LogP contribution in [-0.2, 0) is 9.05 Å². The Morgan fingerprint density at radius 3 is 2.50 bits per heavy atom. The second kappa shape index (κ2) is 3.35. The maximum absolute atomic E-state index is 10.9. The van der Waals surface area contributed by atoms with Crippen molar-refractivity contribution < 1.29 is 8.42 Å². The zero-order chi connectivity index (χ0) is 9.35. The van der Waals surface area contributed by atoms with E-state index in [1.54, 1.807) is 0 Å². The van der Waals surface area contributed by atoms with Gasteiger partial charge in [0.25, 0.3) is 14.6 Å². The fourth-order valence-electron chi connectivity index (χ4n) is 0.619. The van der Waals surface area contributed by atoms with Crippen molar-refractivity contribution in [2.45, 2.75) is 4.90 Å². The third-order valence-corrected chi connectivity index (χ3v) is 3.05. The zero-order valence-electron chi connectivity index (χ0n) is 5.54. The molecule has 0 radical (unpaired) electrons. The molecular formula is C5H3ClINO3S. The number of halogens is 2. The molecule has 0 aliphatic carbocycles. The number of aromatic nitrogens is 1. The molecule has 0 saturated heterocycles. The number of H-pyrrole nitrogens is 1. The van der Waals surface area contributed by atoms with Crippen LogP contribution in [0.5, 0.6) is 0 Å². The van der Waals surface area contributed by atoms with E-state index in [9.17, 15) is 13.2 Å². The minimum absolute atomic E-state index is 0.420. The molecule has 0 aliphatic heterocycles. The first-order valence-electron chi connectivity index (χ1n) is 2.74. The lowest BCUT2D eigenvalue weighted by Crippen LogP contribution is -2.13. The number of aromatic amines is 1. The van der Waals surface area contributed by atoms with E-state index in [0.717, 1.165) is 0 Å². The Labute approximate surface area is 86.5 Å². The minimum atomic E-state index is -3.93. The SMILES string of the molecule is O=c1[nH]cc(I)cc1S(=O)(=O)Cl. The van der Waals surface area contributed by atoms with Crippen LogP contribution in [0.25, 0.3) is 0 Å².